The molecule has 1 aliphatic heterocycles. The minimum absolute atomic E-state index is 0.0633. The highest BCUT2D eigenvalue weighted by Gasteiger charge is 2.33. The van der Waals surface area contributed by atoms with E-state index in [4.69, 9.17) is 4.74 Å². The third kappa shape index (κ3) is 3.04. The number of amides is 1. The number of nitrogens with zero attached hydrogens (tertiary/aromatic N) is 1. The van der Waals surface area contributed by atoms with Crippen molar-refractivity contribution in [3.05, 3.63) is 16.6 Å². The lowest BCUT2D eigenvalue weighted by Crippen LogP contribution is -2.53. The van der Waals surface area contributed by atoms with E-state index in [2.05, 4.69) is 10.3 Å². The van der Waals surface area contributed by atoms with Crippen LogP contribution in [0.5, 0.6) is 0 Å². The summed E-state index contributed by atoms with van der Waals surface area (Å²) in [6.45, 7) is 4.83. The Bertz CT molecular complexity index is 370. The topological polar surface area (TPSA) is 51.2 Å². The number of rotatable bonds is 3. The zero-order valence-corrected chi connectivity index (χ0v) is 11.0. The second kappa shape index (κ2) is 5.14. The third-order valence-corrected chi connectivity index (χ3v) is 3.85. The molecular formula is C12H18N2O2S. The number of hydrogen-bond acceptors (Lipinski definition) is 4. The normalized spacial score (nSPS) is 21.2. The number of nitrogens with one attached hydrogen (secondary N) is 1. The van der Waals surface area contributed by atoms with Gasteiger partial charge in [0.1, 0.15) is 4.88 Å². The molecule has 94 valence electrons. The van der Waals surface area contributed by atoms with E-state index in [-0.39, 0.29) is 17.6 Å². The highest BCUT2D eigenvalue weighted by molar-refractivity contribution is 7.11. The van der Waals surface area contributed by atoms with Crippen molar-refractivity contribution in [3.8, 4) is 0 Å². The molecule has 17 heavy (non-hydrogen) atoms. The molecule has 2 heterocycles. The van der Waals surface area contributed by atoms with Gasteiger partial charge >= 0.3 is 0 Å². The Morgan fingerprint density at radius 3 is 3.00 bits per heavy atom. The van der Waals surface area contributed by atoms with Gasteiger partial charge in [0.15, 0.2) is 0 Å². The van der Waals surface area contributed by atoms with E-state index in [1.54, 1.807) is 11.7 Å². The van der Waals surface area contributed by atoms with Crippen LogP contribution in [-0.4, -0.2) is 29.1 Å². The van der Waals surface area contributed by atoms with Crippen molar-refractivity contribution in [1.29, 1.82) is 0 Å². The molecule has 0 aromatic carbocycles. The quantitative estimate of drug-likeness (QED) is 0.900. The minimum Gasteiger partial charge on any atom is -0.376 e. The van der Waals surface area contributed by atoms with Gasteiger partial charge in [-0.05, 0) is 33.1 Å². The molecule has 0 aliphatic carbocycles. The third-order valence-electron chi connectivity index (χ3n) is 3.08. The Morgan fingerprint density at radius 1 is 1.59 bits per heavy atom. The van der Waals surface area contributed by atoms with Gasteiger partial charge in [-0.25, -0.2) is 0 Å². The molecule has 1 atom stereocenters. The van der Waals surface area contributed by atoms with Crippen molar-refractivity contribution in [3.63, 3.8) is 0 Å². The molecule has 1 N–H and O–H groups in total. The lowest BCUT2D eigenvalue weighted by Gasteiger charge is -2.37. The van der Waals surface area contributed by atoms with E-state index in [9.17, 15) is 4.79 Å². The summed E-state index contributed by atoms with van der Waals surface area (Å²) in [4.78, 5) is 16.5. The highest BCUT2D eigenvalue weighted by atomic mass is 32.1. The second-order valence-corrected chi connectivity index (χ2v) is 5.78. The van der Waals surface area contributed by atoms with E-state index in [1.807, 2.05) is 13.8 Å². The maximum absolute atomic E-state index is 12.0. The fourth-order valence-electron chi connectivity index (χ4n) is 2.07. The van der Waals surface area contributed by atoms with Crippen LogP contribution in [0.3, 0.4) is 0 Å². The van der Waals surface area contributed by atoms with Crippen LogP contribution in [0.2, 0.25) is 0 Å². The number of aromatic nitrogens is 1. The van der Waals surface area contributed by atoms with Crippen LogP contribution >= 0.6 is 11.3 Å². The van der Waals surface area contributed by atoms with Crippen molar-refractivity contribution in [1.82, 2.24) is 10.3 Å². The maximum Gasteiger partial charge on any atom is 0.263 e. The zero-order valence-electron chi connectivity index (χ0n) is 10.2. The number of carbonyl (C=O) groups excluding carboxylic acids is 1. The molecule has 1 saturated heterocycles. The molecule has 0 bridgehead atoms. The molecule has 1 aliphatic rings. The molecular weight excluding hydrogens is 236 g/mol. The summed E-state index contributed by atoms with van der Waals surface area (Å²) in [5.74, 6) is -0.0633. The first-order valence-corrected chi connectivity index (χ1v) is 6.80. The first kappa shape index (κ1) is 12.5. The largest absolute Gasteiger partial charge is 0.376 e. The minimum atomic E-state index is -0.332. The molecule has 1 aromatic rings. The Kier molecular flexibility index (Phi) is 3.79. The number of thiazole rings is 1. The van der Waals surface area contributed by atoms with Gasteiger partial charge in [0.2, 0.25) is 0 Å². The van der Waals surface area contributed by atoms with Crippen LogP contribution in [0.15, 0.2) is 11.7 Å². The van der Waals surface area contributed by atoms with Crippen molar-refractivity contribution in [2.24, 2.45) is 0 Å². The molecule has 1 amide bonds. The van der Waals surface area contributed by atoms with Crippen LogP contribution in [0.25, 0.3) is 0 Å². The summed E-state index contributed by atoms with van der Waals surface area (Å²) < 4.78 is 5.73. The van der Waals surface area contributed by atoms with Crippen molar-refractivity contribution >= 4 is 17.2 Å². The van der Waals surface area contributed by atoms with E-state index in [0.29, 0.717) is 4.88 Å². The fraction of sp³-hybridized carbons (Fsp3) is 0.667. The van der Waals surface area contributed by atoms with E-state index in [0.717, 1.165) is 19.4 Å². The molecule has 1 fully saturated rings. The summed E-state index contributed by atoms with van der Waals surface area (Å²) in [5, 5.41) is 3.03. The predicted molar refractivity (Wildman–Crippen MR) is 67.3 cm³/mol. The van der Waals surface area contributed by atoms with E-state index in [1.165, 1.54) is 17.8 Å². The molecule has 0 unspecified atom stereocenters. The summed E-state index contributed by atoms with van der Waals surface area (Å²) in [6.07, 6.45) is 5.00. The summed E-state index contributed by atoms with van der Waals surface area (Å²) >= 11 is 1.35. The first-order chi connectivity index (χ1) is 8.09. The van der Waals surface area contributed by atoms with Gasteiger partial charge in [0.25, 0.3) is 5.91 Å². The van der Waals surface area contributed by atoms with Gasteiger partial charge in [0.05, 0.1) is 23.4 Å². The van der Waals surface area contributed by atoms with Crippen LogP contribution in [0.1, 0.15) is 42.8 Å². The Labute approximate surface area is 105 Å². The standard InChI is InChI=1S/C12H18N2O2S/c1-12(2,10-5-3-4-6-16-10)14-11(15)9-7-13-8-17-9/h7-8,10H,3-6H2,1-2H3,(H,14,15)/t10-/m0/s1. The van der Waals surface area contributed by atoms with Gasteiger partial charge < -0.3 is 10.1 Å². The van der Waals surface area contributed by atoms with E-state index < -0.39 is 0 Å². The Balaban J connectivity index is 1.98. The Morgan fingerprint density at radius 2 is 2.41 bits per heavy atom. The summed E-state index contributed by atoms with van der Waals surface area (Å²) in [6, 6.07) is 0. The molecule has 4 nitrogen and oxygen atoms in total. The van der Waals surface area contributed by atoms with Crippen LogP contribution < -0.4 is 5.32 Å². The van der Waals surface area contributed by atoms with Crippen LogP contribution in [0, 0.1) is 0 Å². The van der Waals surface area contributed by atoms with Gasteiger partial charge in [0, 0.05) is 6.61 Å². The lowest BCUT2D eigenvalue weighted by molar-refractivity contribution is -0.0317. The molecule has 1 aromatic heterocycles. The molecule has 2 rings (SSSR count). The van der Waals surface area contributed by atoms with Crippen LogP contribution in [-0.2, 0) is 4.74 Å². The number of carbonyl (C=O) groups is 1. The zero-order chi connectivity index (χ0) is 12.3. The van der Waals surface area contributed by atoms with Gasteiger partial charge in [-0.1, -0.05) is 0 Å². The average molecular weight is 254 g/mol. The highest BCUT2D eigenvalue weighted by Crippen LogP contribution is 2.23. The average Bonchev–Trinajstić information content (AvgIpc) is 2.83. The molecule has 0 saturated carbocycles. The van der Waals surface area contributed by atoms with Crippen molar-refractivity contribution in [2.45, 2.75) is 44.8 Å². The number of ether oxygens (including phenoxy) is 1. The van der Waals surface area contributed by atoms with Gasteiger partial charge in [-0.2, -0.15) is 0 Å². The maximum atomic E-state index is 12.0. The fourth-order valence-corrected chi connectivity index (χ4v) is 2.59. The number of hydrogen-bond donors (Lipinski definition) is 1. The Hall–Kier alpha value is -0.940. The smallest absolute Gasteiger partial charge is 0.263 e. The van der Waals surface area contributed by atoms with Crippen molar-refractivity contribution in [2.75, 3.05) is 6.61 Å². The summed E-state index contributed by atoms with van der Waals surface area (Å²) in [7, 11) is 0. The van der Waals surface area contributed by atoms with Crippen molar-refractivity contribution < 1.29 is 9.53 Å². The summed E-state index contributed by atoms with van der Waals surface area (Å²) in [5.41, 5.74) is 1.33. The first-order valence-electron chi connectivity index (χ1n) is 5.92. The van der Waals surface area contributed by atoms with E-state index >= 15 is 0 Å². The molecule has 0 radical (unpaired) electrons. The predicted octanol–water partition coefficient (Wildman–Crippen LogP) is 2.22. The van der Waals surface area contributed by atoms with Gasteiger partial charge in [-0.3, -0.25) is 9.78 Å². The lowest BCUT2D eigenvalue weighted by atomic mass is 9.91. The second-order valence-electron chi connectivity index (χ2n) is 4.90. The molecule has 5 heteroatoms. The van der Waals surface area contributed by atoms with Gasteiger partial charge in [-0.15, -0.1) is 11.3 Å². The molecule has 0 spiro atoms. The van der Waals surface area contributed by atoms with Crippen LogP contribution in [0.4, 0.5) is 0 Å². The SMILES string of the molecule is CC(C)(NC(=O)c1cncs1)[C@@H]1CCCCO1. The monoisotopic (exact) mass is 254 g/mol.